The second-order valence-corrected chi connectivity index (χ2v) is 7.00. The Morgan fingerprint density at radius 1 is 1.07 bits per heavy atom. The number of nitrogens with zero attached hydrogens (tertiary/aromatic N) is 1. The van der Waals surface area contributed by atoms with Crippen molar-refractivity contribution in [2.24, 2.45) is 0 Å². The smallest absolute Gasteiger partial charge is 0.590 e. The molecule has 1 N–H and O–H groups in total. The molecule has 2 aliphatic heterocycles. The second-order valence-electron chi connectivity index (χ2n) is 7.00. The lowest BCUT2D eigenvalue weighted by atomic mass is 9.47. The summed E-state index contributed by atoms with van der Waals surface area (Å²) in [6.45, 7) is -1.91. The zero-order valence-electron chi connectivity index (χ0n) is 14.8. The lowest BCUT2D eigenvalue weighted by Gasteiger charge is -2.33. The molecule has 1 amide bonds. The van der Waals surface area contributed by atoms with Crippen molar-refractivity contribution in [1.29, 1.82) is 0 Å². The van der Waals surface area contributed by atoms with E-state index in [2.05, 4.69) is 0 Å². The molecule has 4 rings (SSSR count). The Kier molecular flexibility index (Phi) is 4.64. The van der Waals surface area contributed by atoms with Crippen LogP contribution >= 0.6 is 0 Å². The van der Waals surface area contributed by atoms with Crippen LogP contribution in [0.25, 0.3) is 0 Å². The third-order valence-corrected chi connectivity index (χ3v) is 5.06. The summed E-state index contributed by atoms with van der Waals surface area (Å²) in [5.41, 5.74) is 1.91. The Labute approximate surface area is 157 Å². The molecular weight excluding hydrogens is 345 g/mol. The van der Waals surface area contributed by atoms with E-state index in [1.807, 2.05) is 60.7 Å². The van der Waals surface area contributed by atoms with Crippen LogP contribution in [0.15, 0.2) is 60.7 Å². The maximum Gasteiger partial charge on any atom is 0.590 e. The highest BCUT2D eigenvalue weighted by atomic mass is 16.7. The molecule has 0 spiro atoms. The molecule has 2 fully saturated rings. The first-order valence-corrected chi connectivity index (χ1v) is 9.01. The van der Waals surface area contributed by atoms with Gasteiger partial charge in [0.25, 0.3) is 0 Å². The van der Waals surface area contributed by atoms with Crippen molar-refractivity contribution in [3.63, 3.8) is 0 Å². The molecule has 2 aliphatic rings. The summed E-state index contributed by atoms with van der Waals surface area (Å²) in [5, 5.41) is 9.91. The van der Waals surface area contributed by atoms with E-state index < -0.39 is 24.6 Å². The molecule has 0 bridgehead atoms. The first-order chi connectivity index (χ1) is 13.1. The van der Waals surface area contributed by atoms with E-state index in [4.69, 9.17) is 9.31 Å². The molecule has 2 unspecified atom stereocenters. The minimum atomic E-state index is -2.61. The molecule has 0 aromatic heterocycles. The molecule has 2 aromatic carbocycles. The Morgan fingerprint density at radius 3 is 2.19 bits per heavy atom. The quantitative estimate of drug-likeness (QED) is 0.651. The summed E-state index contributed by atoms with van der Waals surface area (Å²) in [7, 11) is 0. The van der Waals surface area contributed by atoms with Gasteiger partial charge in [-0.05, 0) is 16.9 Å². The Morgan fingerprint density at radius 2 is 1.63 bits per heavy atom. The molecule has 27 heavy (non-hydrogen) atoms. The number of carbonyl (C=O) groups is 2. The number of hydrogen-bond donors (Lipinski definition) is 1. The third-order valence-electron chi connectivity index (χ3n) is 5.06. The molecule has 2 heterocycles. The second kappa shape index (κ2) is 7.10. The maximum atomic E-state index is 13.5. The predicted molar refractivity (Wildman–Crippen MR) is 98.9 cm³/mol. The van der Waals surface area contributed by atoms with E-state index >= 15 is 0 Å². The molecule has 7 heteroatoms. The monoisotopic (exact) mass is 365 g/mol. The van der Waals surface area contributed by atoms with Gasteiger partial charge >= 0.3 is 12.5 Å². The lowest BCUT2D eigenvalue weighted by Crippen LogP contribution is -2.55. The third kappa shape index (κ3) is 3.43. The number of fused-ring (bicyclic) bond motifs is 1. The number of aliphatic hydroxyl groups is 1. The fourth-order valence-corrected chi connectivity index (χ4v) is 3.82. The van der Waals surface area contributed by atoms with Gasteiger partial charge in [-0.2, -0.15) is 0 Å². The molecule has 2 saturated heterocycles. The summed E-state index contributed by atoms with van der Waals surface area (Å²) in [6, 6.07) is 19.2. The Hall–Kier alpha value is -2.77. The van der Waals surface area contributed by atoms with Gasteiger partial charge in [0.2, 0.25) is 0 Å². The van der Waals surface area contributed by atoms with Crippen LogP contribution in [0, 0.1) is 5.82 Å². The Bertz CT molecular complexity index is 789. The normalized spacial score (nSPS) is 23.8. The van der Waals surface area contributed by atoms with Crippen LogP contribution in [-0.4, -0.2) is 34.6 Å². The maximum absolute atomic E-state index is 13.5. The van der Waals surface area contributed by atoms with Gasteiger partial charge in [0.15, 0.2) is 12.1 Å². The summed E-state index contributed by atoms with van der Waals surface area (Å²) in [4.78, 5) is 26.9. The zero-order chi connectivity index (χ0) is 18.9. The van der Waals surface area contributed by atoms with Gasteiger partial charge in [-0.25, -0.2) is 0 Å². The van der Waals surface area contributed by atoms with Crippen LogP contribution < -0.4 is 0 Å². The van der Waals surface area contributed by atoms with E-state index in [9.17, 15) is 14.7 Å². The van der Waals surface area contributed by atoms with Gasteiger partial charge in [0.1, 0.15) is 6.42 Å². The molecule has 0 radical (unpaired) electrons. The van der Waals surface area contributed by atoms with Gasteiger partial charge in [0.05, 0.1) is 6.42 Å². The number of rotatable bonds is 5. The summed E-state index contributed by atoms with van der Waals surface area (Å²) >= 11 is 0. The highest BCUT2D eigenvalue weighted by molar-refractivity contribution is 7.02. The molecule has 138 valence electrons. The average Bonchev–Trinajstić information content (AvgIpc) is 3.13. The summed E-state index contributed by atoms with van der Waals surface area (Å²) < 4.78 is 10.9. The minimum Gasteiger partial charge on any atom is -0.617 e. The highest BCUT2D eigenvalue weighted by Crippen LogP contribution is 2.43. The fourth-order valence-electron chi connectivity index (χ4n) is 3.82. The molecule has 0 saturated carbocycles. The summed E-state index contributed by atoms with van der Waals surface area (Å²) in [5.74, 6) is -0.339. The number of carbonyl (C=O) groups excluding carboxylic acids is 2. The van der Waals surface area contributed by atoms with Gasteiger partial charge in [-0.3, -0.25) is 4.79 Å². The van der Waals surface area contributed by atoms with Crippen LogP contribution in [0.1, 0.15) is 24.0 Å². The zero-order valence-corrected chi connectivity index (χ0v) is 14.8. The first-order valence-electron chi connectivity index (χ1n) is 9.01. The van der Waals surface area contributed by atoms with Crippen LogP contribution in [0.3, 0.4) is 0 Å². The van der Waals surface area contributed by atoms with E-state index in [0.29, 0.717) is 18.9 Å². The summed E-state index contributed by atoms with van der Waals surface area (Å²) in [6.07, 6.45) is -0.942. The number of aliphatic hydroxyl groups excluding tert-OH is 1. The Balaban J connectivity index is 1.64. The standard InChI is InChI=1S/C20H20BNO5/c23-18-11-17-12-19(24)27-21(17,26-18)20(25)22(13-15-7-3-1-4-8-15)14-16-9-5-2-6-10-16/h1-10,18,23H,11-14H2. The van der Waals surface area contributed by atoms with Crippen LogP contribution in [-0.2, 0) is 27.2 Å². The molecular formula is C20H20BNO5. The van der Waals surface area contributed by atoms with Crippen LogP contribution in [0.2, 0.25) is 0 Å². The van der Waals surface area contributed by atoms with Crippen molar-refractivity contribution >= 4 is 18.3 Å². The van der Waals surface area contributed by atoms with Gasteiger partial charge in [0, 0.05) is 13.1 Å². The van der Waals surface area contributed by atoms with Crippen LogP contribution in [0.4, 0.5) is 4.79 Å². The van der Waals surface area contributed by atoms with Gasteiger partial charge in [-0.1, -0.05) is 60.7 Å². The van der Waals surface area contributed by atoms with Crippen molar-refractivity contribution in [3.8, 4) is 0 Å². The predicted octanol–water partition coefficient (Wildman–Crippen LogP) is 2.63. The SMILES string of the molecule is O=C1C[C+]2CC(O)O[B-]2(C(=O)N(Cc2ccccc2)Cc2ccccc2)O1. The lowest BCUT2D eigenvalue weighted by molar-refractivity contribution is -0.135. The number of hydrogen-bond acceptors (Lipinski definition) is 5. The van der Waals surface area contributed by atoms with Gasteiger partial charge < -0.3 is 24.1 Å². The average molecular weight is 365 g/mol. The van der Waals surface area contributed by atoms with Gasteiger partial charge in [-0.15, -0.1) is 0 Å². The number of benzene rings is 2. The molecule has 2 aromatic rings. The van der Waals surface area contributed by atoms with Crippen molar-refractivity contribution in [3.05, 3.63) is 77.6 Å². The largest absolute Gasteiger partial charge is 0.617 e. The topological polar surface area (TPSA) is 76.1 Å². The fraction of sp³-hybridized carbons (Fsp3) is 0.250. The van der Waals surface area contributed by atoms with Crippen molar-refractivity contribution in [2.75, 3.05) is 0 Å². The first kappa shape index (κ1) is 17.6. The number of amides is 1. The van der Waals surface area contributed by atoms with E-state index in [1.54, 1.807) is 4.90 Å². The highest BCUT2D eigenvalue weighted by Gasteiger charge is 2.68. The molecule has 2 atom stereocenters. The minimum absolute atomic E-state index is 0.0211. The van der Waals surface area contributed by atoms with E-state index in [1.165, 1.54) is 0 Å². The van der Waals surface area contributed by atoms with Crippen molar-refractivity contribution in [1.82, 2.24) is 4.90 Å². The van der Waals surface area contributed by atoms with E-state index in [-0.39, 0.29) is 12.8 Å². The molecule has 0 aliphatic carbocycles. The van der Waals surface area contributed by atoms with Crippen molar-refractivity contribution in [2.45, 2.75) is 32.2 Å². The van der Waals surface area contributed by atoms with Crippen LogP contribution in [0.5, 0.6) is 0 Å². The van der Waals surface area contributed by atoms with Crippen molar-refractivity contribution < 1.29 is 24.0 Å². The van der Waals surface area contributed by atoms with E-state index in [0.717, 1.165) is 11.1 Å². The molecule has 6 nitrogen and oxygen atoms in total.